The normalized spacial score (nSPS) is 17.2. The molecule has 1 saturated heterocycles. The molecule has 0 saturated carbocycles. The number of aromatic nitrogens is 2. The number of nitrogens with one attached hydrogen (secondary N) is 1. The fraction of sp³-hybridized carbons (Fsp3) is 0.400. The molecule has 1 amide bonds. The highest BCUT2D eigenvalue weighted by Crippen LogP contribution is 2.40. The van der Waals surface area contributed by atoms with Gasteiger partial charge in [0.25, 0.3) is 0 Å². The van der Waals surface area contributed by atoms with Gasteiger partial charge < -0.3 is 30.7 Å². The summed E-state index contributed by atoms with van der Waals surface area (Å²) in [6.45, 7) is 5.86. The third-order valence-corrected chi connectivity index (χ3v) is 6.95. The number of ether oxygens (including phenoxy) is 1. The van der Waals surface area contributed by atoms with Crippen molar-refractivity contribution in [1.29, 1.82) is 0 Å². The number of carboxylic acid groups (broad SMARTS) is 1. The van der Waals surface area contributed by atoms with Crippen LogP contribution in [0.15, 0.2) is 24.5 Å². The van der Waals surface area contributed by atoms with Crippen LogP contribution in [0.2, 0.25) is 0 Å². The SMILES string of the molecule is Cc1c(-c2cc3cc(N(C(=O)O)C4CN(C)CCN(C)C4)ncc3c(N)c2F)cnc2c1NCCO2. The molecule has 1 fully saturated rings. The third-order valence-electron chi connectivity index (χ3n) is 6.95. The Bertz CT molecular complexity index is 1320. The Hall–Kier alpha value is -3.70. The Morgan fingerprint density at radius 3 is 2.61 bits per heavy atom. The lowest BCUT2D eigenvalue weighted by atomic mass is 9.97. The number of anilines is 3. The number of halogens is 1. The number of amides is 1. The van der Waals surface area contributed by atoms with Gasteiger partial charge in [0.1, 0.15) is 18.1 Å². The highest BCUT2D eigenvalue weighted by atomic mass is 19.1. The Morgan fingerprint density at radius 1 is 1.19 bits per heavy atom. The van der Waals surface area contributed by atoms with E-state index in [1.54, 1.807) is 18.3 Å². The fourth-order valence-corrected chi connectivity index (χ4v) is 5.01. The van der Waals surface area contributed by atoms with Gasteiger partial charge in [-0.2, -0.15) is 0 Å². The average molecular weight is 496 g/mol. The quantitative estimate of drug-likeness (QED) is 0.471. The molecule has 0 atom stereocenters. The maximum Gasteiger partial charge on any atom is 0.413 e. The molecule has 4 heterocycles. The molecule has 2 aliphatic heterocycles. The first-order valence-corrected chi connectivity index (χ1v) is 11.9. The van der Waals surface area contributed by atoms with Crippen molar-refractivity contribution in [1.82, 2.24) is 19.8 Å². The van der Waals surface area contributed by atoms with E-state index < -0.39 is 11.9 Å². The Morgan fingerprint density at radius 2 is 1.92 bits per heavy atom. The lowest BCUT2D eigenvalue weighted by Crippen LogP contribution is -2.49. The van der Waals surface area contributed by atoms with Crippen LogP contribution in [0, 0.1) is 12.7 Å². The van der Waals surface area contributed by atoms with Gasteiger partial charge in [0.2, 0.25) is 5.88 Å². The molecular formula is C25H30FN7O3. The molecule has 0 bridgehead atoms. The number of nitrogen functional groups attached to an aromatic ring is 1. The number of likely N-dealkylation sites (N-methyl/N-ethyl adjacent to an activating group) is 2. The second-order valence-electron chi connectivity index (χ2n) is 9.50. The van der Waals surface area contributed by atoms with Crippen molar-refractivity contribution >= 4 is 34.1 Å². The molecular weight excluding hydrogens is 465 g/mol. The van der Waals surface area contributed by atoms with E-state index in [1.807, 2.05) is 21.0 Å². The molecule has 2 aromatic heterocycles. The molecule has 1 aromatic carbocycles. The van der Waals surface area contributed by atoms with Crippen LogP contribution in [0.25, 0.3) is 21.9 Å². The van der Waals surface area contributed by atoms with Crippen molar-refractivity contribution in [3.63, 3.8) is 0 Å². The van der Waals surface area contributed by atoms with Gasteiger partial charge in [-0.1, -0.05) is 0 Å². The standard InChI is InChI=1S/C25H30FN7O3/c1-14-18(10-30-24-23(14)28-4-7-36-24)17-8-15-9-20(29-11-19(15)22(27)21(17)26)33(25(34)35)16-12-31(2)5-6-32(3)13-16/h8-11,16,28H,4-7,12-13,27H2,1-3H3,(H,34,35). The molecule has 11 heteroatoms. The van der Waals surface area contributed by atoms with Crippen molar-refractivity contribution in [2.24, 2.45) is 0 Å². The molecule has 10 nitrogen and oxygen atoms in total. The largest absolute Gasteiger partial charge is 0.474 e. The fourth-order valence-electron chi connectivity index (χ4n) is 5.01. The van der Waals surface area contributed by atoms with Crippen LogP contribution < -0.4 is 20.7 Å². The van der Waals surface area contributed by atoms with Gasteiger partial charge in [-0.3, -0.25) is 4.90 Å². The summed E-state index contributed by atoms with van der Waals surface area (Å²) in [4.78, 5) is 26.7. The smallest absolute Gasteiger partial charge is 0.413 e. The van der Waals surface area contributed by atoms with Gasteiger partial charge in [0.05, 0.1) is 11.7 Å². The Balaban J connectivity index is 1.61. The number of nitrogens with zero attached hydrogens (tertiary/aromatic N) is 5. The number of fused-ring (bicyclic) bond motifs is 2. The monoisotopic (exact) mass is 495 g/mol. The molecule has 36 heavy (non-hydrogen) atoms. The summed E-state index contributed by atoms with van der Waals surface area (Å²) in [5, 5.41) is 14.4. The molecule has 3 aromatic rings. The van der Waals surface area contributed by atoms with Gasteiger partial charge in [0.15, 0.2) is 5.82 Å². The highest BCUT2D eigenvalue weighted by Gasteiger charge is 2.31. The van der Waals surface area contributed by atoms with E-state index in [9.17, 15) is 9.90 Å². The van der Waals surface area contributed by atoms with Gasteiger partial charge >= 0.3 is 6.09 Å². The first-order valence-electron chi connectivity index (χ1n) is 11.9. The van der Waals surface area contributed by atoms with E-state index in [0.29, 0.717) is 48.5 Å². The molecule has 0 radical (unpaired) electrons. The van der Waals surface area contributed by atoms with Crippen LogP contribution in [0.4, 0.5) is 26.4 Å². The van der Waals surface area contributed by atoms with Crippen molar-refractivity contribution in [3.05, 3.63) is 35.9 Å². The topological polar surface area (TPSA) is 120 Å². The predicted molar refractivity (Wildman–Crippen MR) is 137 cm³/mol. The second kappa shape index (κ2) is 9.40. The van der Waals surface area contributed by atoms with E-state index in [2.05, 4.69) is 25.1 Å². The summed E-state index contributed by atoms with van der Waals surface area (Å²) < 4.78 is 21.1. The average Bonchev–Trinajstić information content (AvgIpc) is 3.02. The summed E-state index contributed by atoms with van der Waals surface area (Å²) in [5.74, 6) is 0.190. The van der Waals surface area contributed by atoms with E-state index in [-0.39, 0.29) is 23.1 Å². The minimum atomic E-state index is -1.09. The highest BCUT2D eigenvalue weighted by molar-refractivity contribution is 5.99. The summed E-state index contributed by atoms with van der Waals surface area (Å²) >= 11 is 0. The lowest BCUT2D eigenvalue weighted by molar-refractivity contribution is 0.195. The van der Waals surface area contributed by atoms with E-state index >= 15 is 4.39 Å². The second-order valence-corrected chi connectivity index (χ2v) is 9.50. The van der Waals surface area contributed by atoms with Crippen molar-refractivity contribution < 1.29 is 19.0 Å². The van der Waals surface area contributed by atoms with E-state index in [4.69, 9.17) is 10.5 Å². The Kier molecular flexibility index (Phi) is 6.27. The number of benzene rings is 1. The molecule has 5 rings (SSSR count). The number of nitrogens with two attached hydrogens (primary N) is 1. The summed E-state index contributed by atoms with van der Waals surface area (Å²) in [5.41, 5.74) is 8.56. The molecule has 0 spiro atoms. The minimum absolute atomic E-state index is 0.0429. The zero-order chi connectivity index (χ0) is 25.6. The first-order chi connectivity index (χ1) is 17.2. The van der Waals surface area contributed by atoms with E-state index in [0.717, 1.165) is 24.3 Å². The number of hydrogen-bond donors (Lipinski definition) is 3. The van der Waals surface area contributed by atoms with Crippen LogP contribution in [-0.4, -0.2) is 90.4 Å². The van der Waals surface area contributed by atoms with Gasteiger partial charge in [-0.25, -0.2) is 19.2 Å². The third kappa shape index (κ3) is 4.24. The van der Waals surface area contributed by atoms with E-state index in [1.165, 1.54) is 11.1 Å². The van der Waals surface area contributed by atoms with Crippen LogP contribution in [-0.2, 0) is 0 Å². The lowest BCUT2D eigenvalue weighted by Gasteiger charge is -2.31. The number of pyridine rings is 2. The first kappa shape index (κ1) is 24.0. The van der Waals surface area contributed by atoms with Crippen LogP contribution in [0.1, 0.15) is 5.56 Å². The van der Waals surface area contributed by atoms with Crippen LogP contribution >= 0.6 is 0 Å². The van der Waals surface area contributed by atoms with Gasteiger partial charge in [-0.15, -0.1) is 0 Å². The molecule has 190 valence electrons. The summed E-state index contributed by atoms with van der Waals surface area (Å²) in [6, 6.07) is 3.02. The van der Waals surface area contributed by atoms with Crippen LogP contribution in [0.3, 0.4) is 0 Å². The zero-order valence-corrected chi connectivity index (χ0v) is 20.6. The van der Waals surface area contributed by atoms with Crippen molar-refractivity contribution in [2.75, 3.05) is 69.4 Å². The molecule has 0 unspecified atom stereocenters. The summed E-state index contributed by atoms with van der Waals surface area (Å²) in [7, 11) is 3.95. The number of hydrogen-bond acceptors (Lipinski definition) is 8. The molecule has 4 N–H and O–H groups in total. The van der Waals surface area contributed by atoms with Crippen LogP contribution in [0.5, 0.6) is 5.88 Å². The number of rotatable bonds is 3. The van der Waals surface area contributed by atoms with Crippen molar-refractivity contribution in [2.45, 2.75) is 13.0 Å². The van der Waals surface area contributed by atoms with Crippen molar-refractivity contribution in [3.8, 4) is 17.0 Å². The van der Waals surface area contributed by atoms with Gasteiger partial charge in [0, 0.05) is 61.6 Å². The predicted octanol–water partition coefficient (Wildman–Crippen LogP) is 2.86. The zero-order valence-electron chi connectivity index (χ0n) is 20.6. The Labute approximate surface area is 208 Å². The molecule has 2 aliphatic rings. The number of carbonyl (C=O) groups is 1. The summed E-state index contributed by atoms with van der Waals surface area (Å²) in [6.07, 6.45) is 1.93. The maximum atomic E-state index is 15.5. The molecule has 0 aliphatic carbocycles. The minimum Gasteiger partial charge on any atom is -0.474 e. The van der Waals surface area contributed by atoms with Gasteiger partial charge in [-0.05, 0) is 44.1 Å². The maximum absolute atomic E-state index is 15.5.